The first kappa shape index (κ1) is 12.7. The Kier molecular flexibility index (Phi) is 6.55. The van der Waals surface area contributed by atoms with E-state index < -0.39 is 0 Å². The Balaban J connectivity index is 3.52. The quantitative estimate of drug-likeness (QED) is 0.534. The van der Waals surface area contributed by atoms with Crippen LogP contribution in [0.15, 0.2) is 0 Å². The molecule has 1 nitrogen and oxygen atoms in total. The molecule has 0 aliphatic rings. The molecule has 0 bridgehead atoms. The summed E-state index contributed by atoms with van der Waals surface area (Å²) >= 11 is 2.37. The topological polar surface area (TPSA) is 9.23 Å². The number of alkyl halides is 1. The second kappa shape index (κ2) is 6.19. The summed E-state index contributed by atoms with van der Waals surface area (Å²) in [6.45, 7) is 9.69. The van der Waals surface area contributed by atoms with Gasteiger partial charge in [0.2, 0.25) is 0 Å². The summed E-state index contributed by atoms with van der Waals surface area (Å²) in [6.07, 6.45) is 2.53. The van der Waals surface area contributed by atoms with Crippen molar-refractivity contribution in [1.29, 1.82) is 0 Å². The van der Waals surface area contributed by atoms with Crippen LogP contribution in [-0.4, -0.2) is 16.6 Å². The predicted molar refractivity (Wildman–Crippen MR) is 63.0 cm³/mol. The van der Waals surface area contributed by atoms with Crippen molar-refractivity contribution in [2.45, 2.75) is 46.1 Å². The number of ether oxygens (including phenoxy) is 1. The van der Waals surface area contributed by atoms with E-state index in [-0.39, 0.29) is 5.60 Å². The maximum atomic E-state index is 5.79. The van der Waals surface area contributed by atoms with Crippen molar-refractivity contribution in [3.8, 4) is 0 Å². The second-order valence-electron chi connectivity index (χ2n) is 4.10. The third kappa shape index (κ3) is 6.23. The molecule has 0 aromatic rings. The van der Waals surface area contributed by atoms with Crippen molar-refractivity contribution in [3.05, 3.63) is 0 Å². The molecule has 0 saturated heterocycles. The summed E-state index contributed by atoms with van der Waals surface area (Å²) in [6, 6.07) is 0. The fraction of sp³-hybridized carbons (Fsp3) is 1.00. The van der Waals surface area contributed by atoms with E-state index in [9.17, 15) is 0 Å². The first-order chi connectivity index (χ1) is 5.52. The zero-order chi connectivity index (χ0) is 9.61. The maximum absolute atomic E-state index is 5.79. The lowest BCUT2D eigenvalue weighted by molar-refractivity contribution is -0.0152. The van der Waals surface area contributed by atoms with Crippen LogP contribution in [0.5, 0.6) is 0 Å². The minimum absolute atomic E-state index is 0.0581. The standard InChI is InChI=1S/C10H21IO/c1-5-6-9(2)7-12-10(3,4)8-11/h9H,5-8H2,1-4H3. The van der Waals surface area contributed by atoms with Crippen LogP contribution in [0.3, 0.4) is 0 Å². The molecular formula is C10H21IO. The lowest BCUT2D eigenvalue weighted by atomic mass is 10.1. The van der Waals surface area contributed by atoms with Crippen LogP contribution < -0.4 is 0 Å². The fourth-order valence-electron chi connectivity index (χ4n) is 0.983. The van der Waals surface area contributed by atoms with Crippen molar-refractivity contribution < 1.29 is 4.74 Å². The molecule has 0 fully saturated rings. The van der Waals surface area contributed by atoms with E-state index in [1.807, 2.05) is 0 Å². The molecular weight excluding hydrogens is 263 g/mol. The third-order valence-corrected chi connectivity index (χ3v) is 3.70. The van der Waals surface area contributed by atoms with E-state index >= 15 is 0 Å². The van der Waals surface area contributed by atoms with Crippen LogP contribution in [0.25, 0.3) is 0 Å². The van der Waals surface area contributed by atoms with Gasteiger partial charge in [-0.1, -0.05) is 42.9 Å². The first-order valence-corrected chi connectivity index (χ1v) is 6.24. The Bertz CT molecular complexity index is 112. The van der Waals surface area contributed by atoms with Crippen LogP contribution in [0.2, 0.25) is 0 Å². The van der Waals surface area contributed by atoms with Crippen LogP contribution in [-0.2, 0) is 4.74 Å². The lowest BCUT2D eigenvalue weighted by Gasteiger charge is -2.24. The van der Waals surface area contributed by atoms with Gasteiger partial charge in [-0.2, -0.15) is 0 Å². The predicted octanol–water partition coefficient (Wildman–Crippen LogP) is 3.65. The molecule has 74 valence electrons. The monoisotopic (exact) mass is 284 g/mol. The highest BCUT2D eigenvalue weighted by atomic mass is 127. The third-order valence-electron chi connectivity index (χ3n) is 1.86. The molecule has 0 spiro atoms. The number of rotatable bonds is 6. The highest BCUT2D eigenvalue weighted by Gasteiger charge is 2.17. The smallest absolute Gasteiger partial charge is 0.0715 e. The maximum Gasteiger partial charge on any atom is 0.0715 e. The highest BCUT2D eigenvalue weighted by Crippen LogP contribution is 2.15. The summed E-state index contributed by atoms with van der Waals surface area (Å²) in [7, 11) is 0. The molecule has 2 heteroatoms. The van der Waals surface area contributed by atoms with E-state index in [1.165, 1.54) is 12.8 Å². The van der Waals surface area contributed by atoms with Gasteiger partial charge in [-0.25, -0.2) is 0 Å². The van der Waals surface area contributed by atoms with Gasteiger partial charge in [0.25, 0.3) is 0 Å². The van der Waals surface area contributed by atoms with Crippen molar-refractivity contribution in [2.24, 2.45) is 5.92 Å². The van der Waals surface area contributed by atoms with Crippen LogP contribution >= 0.6 is 22.6 Å². The molecule has 1 atom stereocenters. The first-order valence-electron chi connectivity index (χ1n) is 4.71. The molecule has 0 aromatic heterocycles. The van der Waals surface area contributed by atoms with Gasteiger partial charge in [-0.05, 0) is 26.2 Å². The molecule has 0 aromatic carbocycles. The Hall–Kier alpha value is 0.690. The molecule has 12 heavy (non-hydrogen) atoms. The minimum atomic E-state index is 0.0581. The largest absolute Gasteiger partial charge is 0.375 e. The average molecular weight is 284 g/mol. The van der Waals surface area contributed by atoms with Gasteiger partial charge in [0.1, 0.15) is 0 Å². The molecule has 0 heterocycles. The molecule has 0 amide bonds. The normalized spacial score (nSPS) is 14.8. The average Bonchev–Trinajstić information content (AvgIpc) is 2.02. The van der Waals surface area contributed by atoms with Crippen LogP contribution in [0.1, 0.15) is 40.5 Å². The van der Waals surface area contributed by atoms with Gasteiger partial charge in [0.05, 0.1) is 5.60 Å². The summed E-state index contributed by atoms with van der Waals surface area (Å²) < 4.78 is 6.84. The van der Waals surface area contributed by atoms with E-state index in [0.29, 0.717) is 5.92 Å². The van der Waals surface area contributed by atoms with Gasteiger partial charge in [-0.3, -0.25) is 0 Å². The molecule has 0 saturated carbocycles. The van der Waals surface area contributed by atoms with E-state index in [4.69, 9.17) is 4.74 Å². The molecule has 0 aliphatic carbocycles. The van der Waals surface area contributed by atoms with Gasteiger partial charge in [0, 0.05) is 11.0 Å². The van der Waals surface area contributed by atoms with E-state index in [1.54, 1.807) is 0 Å². The van der Waals surface area contributed by atoms with Crippen molar-refractivity contribution in [3.63, 3.8) is 0 Å². The van der Waals surface area contributed by atoms with Gasteiger partial charge < -0.3 is 4.74 Å². The summed E-state index contributed by atoms with van der Waals surface area (Å²) in [5, 5.41) is 0. The van der Waals surface area contributed by atoms with Crippen molar-refractivity contribution >= 4 is 22.6 Å². The second-order valence-corrected chi connectivity index (χ2v) is 4.86. The van der Waals surface area contributed by atoms with Crippen LogP contribution in [0, 0.1) is 5.92 Å². The molecule has 1 unspecified atom stereocenters. The van der Waals surface area contributed by atoms with Gasteiger partial charge >= 0.3 is 0 Å². The Morgan fingerprint density at radius 1 is 1.42 bits per heavy atom. The Morgan fingerprint density at radius 2 is 2.00 bits per heavy atom. The van der Waals surface area contributed by atoms with E-state index in [2.05, 4.69) is 50.3 Å². The summed E-state index contributed by atoms with van der Waals surface area (Å²) in [5.41, 5.74) is 0.0581. The van der Waals surface area contributed by atoms with Gasteiger partial charge in [-0.15, -0.1) is 0 Å². The van der Waals surface area contributed by atoms with E-state index in [0.717, 1.165) is 11.0 Å². The molecule has 0 rings (SSSR count). The number of hydrogen-bond acceptors (Lipinski definition) is 1. The Morgan fingerprint density at radius 3 is 2.42 bits per heavy atom. The fourth-order valence-corrected chi connectivity index (χ4v) is 1.20. The molecule has 0 aliphatic heterocycles. The lowest BCUT2D eigenvalue weighted by Crippen LogP contribution is -2.28. The SMILES string of the molecule is CCCC(C)COC(C)(C)CI. The molecule has 0 N–H and O–H groups in total. The Labute approximate surface area is 90.4 Å². The summed E-state index contributed by atoms with van der Waals surface area (Å²) in [5.74, 6) is 0.706. The summed E-state index contributed by atoms with van der Waals surface area (Å²) in [4.78, 5) is 0. The highest BCUT2D eigenvalue weighted by molar-refractivity contribution is 14.1. The van der Waals surface area contributed by atoms with Crippen molar-refractivity contribution in [2.75, 3.05) is 11.0 Å². The minimum Gasteiger partial charge on any atom is -0.375 e. The van der Waals surface area contributed by atoms with Gasteiger partial charge in [0.15, 0.2) is 0 Å². The number of halogens is 1. The zero-order valence-electron chi connectivity index (χ0n) is 8.69. The van der Waals surface area contributed by atoms with Crippen LogP contribution in [0.4, 0.5) is 0 Å². The zero-order valence-corrected chi connectivity index (χ0v) is 10.8. The molecule has 0 radical (unpaired) electrons. The van der Waals surface area contributed by atoms with Crippen molar-refractivity contribution in [1.82, 2.24) is 0 Å². The number of hydrogen-bond donors (Lipinski definition) is 0.